The van der Waals surface area contributed by atoms with Crippen molar-refractivity contribution >= 4 is 35.1 Å². The smallest absolute Gasteiger partial charge is 0.325 e. The molecule has 0 radical (unpaired) electrons. The molecule has 24 heavy (non-hydrogen) atoms. The van der Waals surface area contributed by atoms with Gasteiger partial charge in [-0.3, -0.25) is 9.59 Å². The van der Waals surface area contributed by atoms with Crippen molar-refractivity contribution in [2.75, 3.05) is 6.54 Å². The van der Waals surface area contributed by atoms with Crippen LogP contribution in [0.2, 0.25) is 10.0 Å². The Morgan fingerprint density at radius 3 is 2.46 bits per heavy atom. The van der Waals surface area contributed by atoms with E-state index < -0.39 is 5.97 Å². The first-order chi connectivity index (χ1) is 11.4. The van der Waals surface area contributed by atoms with Gasteiger partial charge in [0.2, 0.25) is 0 Å². The second-order valence-corrected chi connectivity index (χ2v) is 6.22. The second-order valence-electron chi connectivity index (χ2n) is 5.38. The lowest BCUT2D eigenvalue weighted by atomic mass is 10.1. The van der Waals surface area contributed by atoms with Crippen molar-refractivity contribution in [3.8, 4) is 0 Å². The lowest BCUT2D eigenvalue weighted by Crippen LogP contribution is -2.30. The Balaban J connectivity index is 1.84. The summed E-state index contributed by atoms with van der Waals surface area (Å²) in [6.07, 6.45) is 0. The van der Waals surface area contributed by atoms with Gasteiger partial charge in [0, 0.05) is 21.2 Å². The Bertz CT molecular complexity index is 775. The average Bonchev–Trinajstić information content (AvgIpc) is 2.54. The molecular weight excluding hydrogens is 349 g/mol. The van der Waals surface area contributed by atoms with E-state index in [0.29, 0.717) is 21.2 Å². The zero-order valence-electron chi connectivity index (χ0n) is 13.4. The van der Waals surface area contributed by atoms with Crippen molar-refractivity contribution in [2.45, 2.75) is 20.5 Å². The minimum absolute atomic E-state index is 0.0222. The van der Waals surface area contributed by atoms with Crippen LogP contribution >= 0.6 is 23.2 Å². The number of nitrogens with one attached hydrogen (secondary N) is 1. The maximum atomic E-state index is 12.0. The Kier molecular flexibility index (Phi) is 6.23. The van der Waals surface area contributed by atoms with E-state index in [-0.39, 0.29) is 19.1 Å². The number of amides is 1. The van der Waals surface area contributed by atoms with E-state index in [4.69, 9.17) is 27.9 Å². The Morgan fingerprint density at radius 2 is 1.79 bits per heavy atom. The quantitative estimate of drug-likeness (QED) is 0.812. The molecule has 4 nitrogen and oxygen atoms in total. The van der Waals surface area contributed by atoms with Crippen LogP contribution in [0.1, 0.15) is 27.0 Å². The molecule has 0 aliphatic rings. The van der Waals surface area contributed by atoms with Crippen LogP contribution in [0.25, 0.3) is 0 Å². The summed E-state index contributed by atoms with van der Waals surface area (Å²) in [6.45, 7) is 3.71. The number of ether oxygens (including phenoxy) is 1. The van der Waals surface area contributed by atoms with Gasteiger partial charge in [0.25, 0.3) is 5.91 Å². The van der Waals surface area contributed by atoms with Crippen LogP contribution in [-0.4, -0.2) is 18.4 Å². The van der Waals surface area contributed by atoms with Gasteiger partial charge in [-0.2, -0.15) is 0 Å². The molecule has 2 aromatic carbocycles. The van der Waals surface area contributed by atoms with Crippen LogP contribution < -0.4 is 5.32 Å². The molecule has 0 saturated heterocycles. The zero-order valence-corrected chi connectivity index (χ0v) is 14.9. The summed E-state index contributed by atoms with van der Waals surface area (Å²) in [7, 11) is 0. The minimum atomic E-state index is -0.543. The number of carbonyl (C=O) groups excluding carboxylic acids is 2. The maximum absolute atomic E-state index is 12.0. The molecule has 2 aromatic rings. The summed E-state index contributed by atoms with van der Waals surface area (Å²) in [5.74, 6) is -0.863. The van der Waals surface area contributed by atoms with Crippen LogP contribution in [0.4, 0.5) is 0 Å². The molecule has 1 amide bonds. The highest BCUT2D eigenvalue weighted by molar-refractivity contribution is 6.35. The molecule has 0 aromatic heterocycles. The van der Waals surface area contributed by atoms with Gasteiger partial charge in [-0.1, -0.05) is 35.3 Å². The third-order valence-electron chi connectivity index (χ3n) is 3.57. The van der Waals surface area contributed by atoms with Gasteiger partial charge < -0.3 is 10.1 Å². The molecule has 126 valence electrons. The van der Waals surface area contributed by atoms with E-state index in [0.717, 1.165) is 11.1 Å². The normalized spacial score (nSPS) is 10.3. The summed E-state index contributed by atoms with van der Waals surface area (Å²) in [6, 6.07) is 10.3. The third kappa shape index (κ3) is 4.98. The predicted octanol–water partition coefficient (Wildman–Crippen LogP) is 4.08. The van der Waals surface area contributed by atoms with Gasteiger partial charge >= 0.3 is 5.97 Å². The molecule has 1 N–H and O–H groups in total. The lowest BCUT2D eigenvalue weighted by molar-refractivity contribution is -0.143. The summed E-state index contributed by atoms with van der Waals surface area (Å²) >= 11 is 11.8. The minimum Gasteiger partial charge on any atom is -0.459 e. The van der Waals surface area contributed by atoms with E-state index in [1.165, 1.54) is 0 Å². The number of benzene rings is 2. The van der Waals surface area contributed by atoms with E-state index >= 15 is 0 Å². The summed E-state index contributed by atoms with van der Waals surface area (Å²) in [5.41, 5.74) is 3.27. The van der Waals surface area contributed by atoms with Crippen LogP contribution in [-0.2, 0) is 16.1 Å². The fourth-order valence-corrected chi connectivity index (χ4v) is 2.45. The first-order valence-electron chi connectivity index (χ1n) is 7.32. The van der Waals surface area contributed by atoms with Gasteiger partial charge in [0.05, 0.1) is 0 Å². The Labute approximate surface area is 150 Å². The van der Waals surface area contributed by atoms with Crippen molar-refractivity contribution in [3.05, 3.63) is 68.7 Å². The topological polar surface area (TPSA) is 55.4 Å². The number of hydrogen-bond donors (Lipinski definition) is 1. The Hall–Kier alpha value is -2.04. The number of aryl methyl sites for hydroxylation is 2. The number of esters is 1. The fourth-order valence-electron chi connectivity index (χ4n) is 1.99. The predicted molar refractivity (Wildman–Crippen MR) is 94.5 cm³/mol. The van der Waals surface area contributed by atoms with Crippen molar-refractivity contribution in [3.63, 3.8) is 0 Å². The molecule has 0 aliphatic carbocycles. The summed E-state index contributed by atoms with van der Waals surface area (Å²) in [4.78, 5) is 23.8. The van der Waals surface area contributed by atoms with Crippen LogP contribution in [0, 0.1) is 13.8 Å². The van der Waals surface area contributed by atoms with Crippen molar-refractivity contribution in [2.24, 2.45) is 0 Å². The van der Waals surface area contributed by atoms with Gasteiger partial charge in [-0.05, 0) is 49.2 Å². The second kappa shape index (κ2) is 8.18. The maximum Gasteiger partial charge on any atom is 0.325 e. The molecule has 2 rings (SSSR count). The first kappa shape index (κ1) is 18.3. The monoisotopic (exact) mass is 365 g/mol. The largest absolute Gasteiger partial charge is 0.459 e. The standard InChI is InChI=1S/C18H17Cl2NO3/c1-11-3-4-13(7-12(11)2)18(23)21-9-17(22)24-10-14-5-6-15(19)8-16(14)20/h3-8H,9-10H2,1-2H3,(H,21,23). The van der Waals surface area contributed by atoms with Crippen molar-refractivity contribution in [1.82, 2.24) is 5.32 Å². The summed E-state index contributed by atoms with van der Waals surface area (Å²) in [5, 5.41) is 3.47. The fraction of sp³-hybridized carbons (Fsp3) is 0.222. The van der Waals surface area contributed by atoms with E-state index in [9.17, 15) is 9.59 Å². The van der Waals surface area contributed by atoms with Gasteiger partial charge in [-0.25, -0.2) is 0 Å². The number of hydrogen-bond acceptors (Lipinski definition) is 3. The highest BCUT2D eigenvalue weighted by atomic mass is 35.5. The molecule has 6 heteroatoms. The van der Waals surface area contributed by atoms with Crippen LogP contribution in [0.3, 0.4) is 0 Å². The van der Waals surface area contributed by atoms with Gasteiger partial charge in [0.15, 0.2) is 0 Å². The van der Waals surface area contributed by atoms with Gasteiger partial charge in [0.1, 0.15) is 13.2 Å². The van der Waals surface area contributed by atoms with Crippen LogP contribution in [0.15, 0.2) is 36.4 Å². The molecule has 0 bridgehead atoms. The van der Waals surface area contributed by atoms with Gasteiger partial charge in [-0.15, -0.1) is 0 Å². The molecule has 0 saturated carbocycles. The van der Waals surface area contributed by atoms with E-state index in [2.05, 4.69) is 5.32 Å². The molecule has 0 spiro atoms. The average molecular weight is 366 g/mol. The first-order valence-corrected chi connectivity index (χ1v) is 8.07. The number of rotatable bonds is 5. The number of carbonyl (C=O) groups is 2. The molecule has 0 unspecified atom stereocenters. The highest BCUT2D eigenvalue weighted by Crippen LogP contribution is 2.21. The lowest BCUT2D eigenvalue weighted by Gasteiger charge is -2.09. The van der Waals surface area contributed by atoms with Crippen LogP contribution in [0.5, 0.6) is 0 Å². The Morgan fingerprint density at radius 1 is 1.04 bits per heavy atom. The zero-order chi connectivity index (χ0) is 17.7. The third-order valence-corrected chi connectivity index (χ3v) is 4.15. The molecular formula is C18H17Cl2NO3. The van der Waals surface area contributed by atoms with Crippen molar-refractivity contribution in [1.29, 1.82) is 0 Å². The molecule has 0 aliphatic heterocycles. The SMILES string of the molecule is Cc1ccc(C(=O)NCC(=O)OCc2ccc(Cl)cc2Cl)cc1C. The molecule has 0 fully saturated rings. The molecule has 0 heterocycles. The van der Waals surface area contributed by atoms with Crippen molar-refractivity contribution < 1.29 is 14.3 Å². The molecule has 0 atom stereocenters. The van der Waals surface area contributed by atoms with E-state index in [1.54, 1.807) is 30.3 Å². The highest BCUT2D eigenvalue weighted by Gasteiger charge is 2.11. The number of halogens is 2. The van der Waals surface area contributed by atoms with E-state index in [1.807, 2.05) is 19.9 Å². The summed E-state index contributed by atoms with van der Waals surface area (Å²) < 4.78 is 5.10.